The minimum absolute atomic E-state index is 0.171. The molecular weight excluding hydrogens is 274 g/mol. The highest BCUT2D eigenvalue weighted by Crippen LogP contribution is 2.25. The minimum Gasteiger partial charge on any atom is -0.444 e. The number of likely N-dealkylation sites (tertiary alicyclic amines) is 1. The van der Waals surface area contributed by atoms with Gasteiger partial charge in [0.15, 0.2) is 6.29 Å². The van der Waals surface area contributed by atoms with E-state index in [1.807, 2.05) is 0 Å². The molecule has 2 heterocycles. The SMILES string of the molecule is CC(C)(C)OC(=O)N1C[C@@H](OC2CCCCO2)C[C@H]1C=O. The van der Waals surface area contributed by atoms with Crippen molar-refractivity contribution >= 4 is 12.4 Å². The standard InChI is InChI=1S/C15H25NO5/c1-15(2,3)21-14(18)16-9-12(8-11(16)10-17)20-13-6-4-5-7-19-13/h10-13H,4-9H2,1-3H3/t11-,12-,13?/m0/s1. The van der Waals surface area contributed by atoms with Crippen LogP contribution in [0.3, 0.4) is 0 Å². The molecule has 6 nitrogen and oxygen atoms in total. The summed E-state index contributed by atoms with van der Waals surface area (Å²) >= 11 is 0. The van der Waals surface area contributed by atoms with Crippen LogP contribution in [-0.2, 0) is 19.0 Å². The van der Waals surface area contributed by atoms with Crippen molar-refractivity contribution in [2.24, 2.45) is 0 Å². The predicted octanol–water partition coefficient (Wildman–Crippen LogP) is 2.11. The van der Waals surface area contributed by atoms with E-state index in [1.165, 1.54) is 4.90 Å². The molecule has 2 aliphatic heterocycles. The molecule has 1 unspecified atom stereocenters. The maximum absolute atomic E-state index is 12.1. The fourth-order valence-electron chi connectivity index (χ4n) is 2.62. The highest BCUT2D eigenvalue weighted by atomic mass is 16.7. The normalized spacial score (nSPS) is 30.2. The monoisotopic (exact) mass is 299 g/mol. The molecule has 2 fully saturated rings. The van der Waals surface area contributed by atoms with Gasteiger partial charge in [-0.2, -0.15) is 0 Å². The number of hydrogen-bond donors (Lipinski definition) is 0. The Labute approximate surface area is 125 Å². The van der Waals surface area contributed by atoms with Gasteiger partial charge in [-0.3, -0.25) is 4.90 Å². The van der Waals surface area contributed by atoms with E-state index in [4.69, 9.17) is 14.2 Å². The molecule has 1 amide bonds. The quantitative estimate of drug-likeness (QED) is 0.747. The molecule has 2 saturated heterocycles. The Morgan fingerprint density at radius 3 is 2.67 bits per heavy atom. The molecule has 0 aliphatic carbocycles. The van der Waals surface area contributed by atoms with Gasteiger partial charge in [-0.15, -0.1) is 0 Å². The van der Waals surface area contributed by atoms with Gasteiger partial charge in [0.1, 0.15) is 11.9 Å². The molecule has 0 N–H and O–H groups in total. The Morgan fingerprint density at radius 2 is 2.10 bits per heavy atom. The third-order valence-electron chi connectivity index (χ3n) is 3.57. The van der Waals surface area contributed by atoms with Crippen molar-refractivity contribution in [2.75, 3.05) is 13.2 Å². The van der Waals surface area contributed by atoms with Crippen molar-refractivity contribution in [3.8, 4) is 0 Å². The van der Waals surface area contributed by atoms with E-state index in [-0.39, 0.29) is 12.4 Å². The number of nitrogens with zero attached hydrogens (tertiary/aromatic N) is 1. The molecule has 3 atom stereocenters. The zero-order chi connectivity index (χ0) is 15.5. The van der Waals surface area contributed by atoms with E-state index in [1.54, 1.807) is 20.8 Å². The molecule has 120 valence electrons. The smallest absolute Gasteiger partial charge is 0.410 e. The van der Waals surface area contributed by atoms with E-state index in [9.17, 15) is 9.59 Å². The lowest BCUT2D eigenvalue weighted by molar-refractivity contribution is -0.185. The lowest BCUT2D eigenvalue weighted by atomic mass is 10.2. The van der Waals surface area contributed by atoms with Crippen molar-refractivity contribution in [1.82, 2.24) is 4.90 Å². The Bertz CT molecular complexity index is 373. The molecule has 0 aromatic carbocycles. The molecular formula is C15H25NO5. The molecule has 0 spiro atoms. The number of aldehydes is 1. The van der Waals surface area contributed by atoms with Gasteiger partial charge in [-0.05, 0) is 40.0 Å². The van der Waals surface area contributed by atoms with Crippen LogP contribution in [0.15, 0.2) is 0 Å². The predicted molar refractivity (Wildman–Crippen MR) is 75.9 cm³/mol. The summed E-state index contributed by atoms with van der Waals surface area (Å²) in [5.74, 6) is 0. The average molecular weight is 299 g/mol. The molecule has 6 heteroatoms. The first-order valence-corrected chi connectivity index (χ1v) is 7.61. The van der Waals surface area contributed by atoms with Crippen LogP contribution in [0.25, 0.3) is 0 Å². The first-order chi connectivity index (χ1) is 9.89. The van der Waals surface area contributed by atoms with Gasteiger partial charge in [0, 0.05) is 13.0 Å². The number of hydrogen-bond acceptors (Lipinski definition) is 5. The van der Waals surface area contributed by atoms with Crippen molar-refractivity contribution in [3.05, 3.63) is 0 Å². The molecule has 0 radical (unpaired) electrons. The zero-order valence-corrected chi connectivity index (χ0v) is 13.0. The van der Waals surface area contributed by atoms with Crippen LogP contribution in [0.2, 0.25) is 0 Å². The minimum atomic E-state index is -0.573. The molecule has 2 aliphatic rings. The summed E-state index contributed by atoms with van der Waals surface area (Å²) in [6, 6.07) is -0.478. The van der Waals surface area contributed by atoms with Crippen LogP contribution in [0.1, 0.15) is 46.5 Å². The van der Waals surface area contributed by atoms with E-state index in [0.717, 1.165) is 25.5 Å². The lowest BCUT2D eigenvalue weighted by Crippen LogP contribution is -2.41. The topological polar surface area (TPSA) is 65.1 Å². The summed E-state index contributed by atoms with van der Waals surface area (Å²) in [5.41, 5.74) is -0.573. The molecule has 21 heavy (non-hydrogen) atoms. The summed E-state index contributed by atoms with van der Waals surface area (Å²) in [7, 11) is 0. The maximum atomic E-state index is 12.1. The van der Waals surface area contributed by atoms with Crippen LogP contribution in [-0.4, -0.2) is 54.5 Å². The van der Waals surface area contributed by atoms with E-state index < -0.39 is 17.7 Å². The van der Waals surface area contributed by atoms with Gasteiger partial charge in [-0.1, -0.05) is 0 Å². The molecule has 0 aromatic heterocycles. The molecule has 2 rings (SSSR count). The second-order valence-electron chi connectivity index (χ2n) is 6.63. The lowest BCUT2D eigenvalue weighted by Gasteiger charge is -2.27. The second kappa shape index (κ2) is 6.75. The Hall–Kier alpha value is -1.14. The van der Waals surface area contributed by atoms with Crippen LogP contribution >= 0.6 is 0 Å². The third kappa shape index (κ3) is 4.68. The number of carbonyl (C=O) groups is 2. The largest absolute Gasteiger partial charge is 0.444 e. The molecule has 0 bridgehead atoms. The average Bonchev–Trinajstić information content (AvgIpc) is 2.81. The summed E-state index contributed by atoms with van der Waals surface area (Å²) in [4.78, 5) is 24.8. The van der Waals surface area contributed by atoms with Crippen molar-refractivity contribution in [1.29, 1.82) is 0 Å². The van der Waals surface area contributed by atoms with Gasteiger partial charge in [0.05, 0.1) is 18.7 Å². The number of rotatable bonds is 3. The van der Waals surface area contributed by atoms with Gasteiger partial charge in [0.2, 0.25) is 0 Å². The van der Waals surface area contributed by atoms with Crippen molar-refractivity contribution in [3.63, 3.8) is 0 Å². The highest BCUT2D eigenvalue weighted by molar-refractivity contribution is 5.74. The van der Waals surface area contributed by atoms with Crippen LogP contribution < -0.4 is 0 Å². The first kappa shape index (κ1) is 16.2. The van der Waals surface area contributed by atoms with Gasteiger partial charge < -0.3 is 19.0 Å². The molecule has 0 aromatic rings. The third-order valence-corrected chi connectivity index (χ3v) is 3.57. The Kier molecular flexibility index (Phi) is 5.22. The summed E-state index contributed by atoms with van der Waals surface area (Å²) in [6.45, 7) is 6.50. The van der Waals surface area contributed by atoms with Gasteiger partial charge >= 0.3 is 6.09 Å². The Balaban J connectivity index is 1.90. The number of carbonyl (C=O) groups excluding carboxylic acids is 2. The van der Waals surface area contributed by atoms with Gasteiger partial charge in [-0.25, -0.2) is 4.79 Å². The maximum Gasteiger partial charge on any atom is 0.410 e. The first-order valence-electron chi connectivity index (χ1n) is 7.61. The van der Waals surface area contributed by atoms with E-state index in [0.29, 0.717) is 19.6 Å². The summed E-state index contributed by atoms with van der Waals surface area (Å²) < 4.78 is 16.7. The zero-order valence-electron chi connectivity index (χ0n) is 13.0. The van der Waals surface area contributed by atoms with Gasteiger partial charge in [0.25, 0.3) is 0 Å². The van der Waals surface area contributed by atoms with Crippen molar-refractivity contribution < 1.29 is 23.8 Å². The second-order valence-corrected chi connectivity index (χ2v) is 6.63. The van der Waals surface area contributed by atoms with E-state index >= 15 is 0 Å². The fraction of sp³-hybridized carbons (Fsp3) is 0.867. The van der Waals surface area contributed by atoms with Crippen LogP contribution in [0.4, 0.5) is 4.79 Å². The fourth-order valence-corrected chi connectivity index (χ4v) is 2.62. The van der Waals surface area contributed by atoms with E-state index in [2.05, 4.69) is 0 Å². The number of amides is 1. The Morgan fingerprint density at radius 1 is 1.33 bits per heavy atom. The highest BCUT2D eigenvalue weighted by Gasteiger charge is 2.39. The van der Waals surface area contributed by atoms with Crippen LogP contribution in [0, 0.1) is 0 Å². The number of ether oxygens (including phenoxy) is 3. The van der Waals surface area contributed by atoms with Crippen molar-refractivity contribution in [2.45, 2.75) is 70.5 Å². The summed E-state index contributed by atoms with van der Waals surface area (Å²) in [6.07, 6.45) is 3.46. The van der Waals surface area contributed by atoms with Crippen LogP contribution in [0.5, 0.6) is 0 Å². The summed E-state index contributed by atoms with van der Waals surface area (Å²) in [5, 5.41) is 0. The molecule has 0 saturated carbocycles.